The lowest BCUT2D eigenvalue weighted by Crippen LogP contribution is -2.47. The van der Waals surface area contributed by atoms with Gasteiger partial charge in [-0.1, -0.05) is 27.7 Å². The van der Waals surface area contributed by atoms with Gasteiger partial charge in [0.2, 0.25) is 0 Å². The van der Waals surface area contributed by atoms with Crippen LogP contribution in [0.2, 0.25) is 0 Å². The molecule has 0 aromatic rings. The summed E-state index contributed by atoms with van der Waals surface area (Å²) in [5, 5.41) is 0. The van der Waals surface area contributed by atoms with Crippen molar-refractivity contribution in [2.45, 2.75) is 40.5 Å². The maximum absolute atomic E-state index is 5.51. The third kappa shape index (κ3) is 2.98. The van der Waals surface area contributed by atoms with Crippen molar-refractivity contribution in [1.82, 2.24) is 4.90 Å². The highest BCUT2D eigenvalue weighted by Gasteiger charge is 2.39. The molecule has 0 unspecified atom stereocenters. The minimum Gasteiger partial charge on any atom is -0.384 e. The van der Waals surface area contributed by atoms with E-state index in [1.165, 1.54) is 32.5 Å². The van der Waals surface area contributed by atoms with Gasteiger partial charge < -0.3 is 9.64 Å². The van der Waals surface area contributed by atoms with Crippen LogP contribution in [-0.2, 0) is 4.74 Å². The van der Waals surface area contributed by atoms with Gasteiger partial charge in [0.15, 0.2) is 0 Å². The second-order valence-corrected chi connectivity index (χ2v) is 5.96. The summed E-state index contributed by atoms with van der Waals surface area (Å²) < 4.78 is 5.51. The van der Waals surface area contributed by atoms with Crippen molar-refractivity contribution in [2.75, 3.05) is 33.4 Å². The first-order valence-corrected chi connectivity index (χ1v) is 6.74. The Morgan fingerprint density at radius 1 is 1.06 bits per heavy atom. The molecule has 1 aliphatic heterocycles. The van der Waals surface area contributed by atoms with E-state index in [2.05, 4.69) is 32.6 Å². The Labute approximate surface area is 101 Å². The van der Waals surface area contributed by atoms with Crippen LogP contribution in [-0.4, -0.2) is 38.3 Å². The predicted octanol–water partition coefficient (Wildman–Crippen LogP) is 3.03. The average molecular weight is 227 g/mol. The molecule has 0 amide bonds. The van der Waals surface area contributed by atoms with Crippen molar-refractivity contribution >= 4 is 0 Å². The lowest BCUT2D eigenvalue weighted by molar-refractivity contribution is -0.0185. The molecule has 0 radical (unpaired) electrons. The largest absolute Gasteiger partial charge is 0.384 e. The number of rotatable bonds is 6. The number of nitrogens with zero attached hydrogens (tertiary/aromatic N) is 1. The molecule has 0 aromatic carbocycles. The average Bonchev–Trinajstić information content (AvgIpc) is 2.68. The molecule has 1 aliphatic rings. The zero-order valence-corrected chi connectivity index (χ0v) is 11.8. The zero-order chi connectivity index (χ0) is 12.2. The standard InChI is InChI=1S/C14H29NO/c1-12(2)14(11-16-5,13(3)4)10-15-8-6-7-9-15/h12-13H,6-11H2,1-5H3. The quantitative estimate of drug-likeness (QED) is 0.691. The summed E-state index contributed by atoms with van der Waals surface area (Å²) in [7, 11) is 1.84. The highest BCUT2D eigenvalue weighted by atomic mass is 16.5. The number of likely N-dealkylation sites (tertiary alicyclic amines) is 1. The van der Waals surface area contributed by atoms with Crippen LogP contribution in [0.1, 0.15) is 40.5 Å². The van der Waals surface area contributed by atoms with E-state index in [4.69, 9.17) is 4.74 Å². The minimum absolute atomic E-state index is 0.319. The van der Waals surface area contributed by atoms with Crippen LogP contribution in [0, 0.1) is 17.3 Å². The molecule has 0 aromatic heterocycles. The van der Waals surface area contributed by atoms with Crippen molar-refractivity contribution in [3.63, 3.8) is 0 Å². The first-order chi connectivity index (χ1) is 7.53. The topological polar surface area (TPSA) is 12.5 Å². The fraction of sp³-hybridized carbons (Fsp3) is 1.00. The predicted molar refractivity (Wildman–Crippen MR) is 69.7 cm³/mol. The lowest BCUT2D eigenvalue weighted by atomic mass is 9.69. The Balaban J connectivity index is 2.73. The summed E-state index contributed by atoms with van der Waals surface area (Å²) in [4.78, 5) is 2.62. The Morgan fingerprint density at radius 3 is 1.94 bits per heavy atom. The van der Waals surface area contributed by atoms with Crippen LogP contribution >= 0.6 is 0 Å². The molecule has 2 nitrogen and oxygen atoms in total. The van der Waals surface area contributed by atoms with E-state index >= 15 is 0 Å². The lowest BCUT2D eigenvalue weighted by Gasteiger charge is -2.43. The van der Waals surface area contributed by atoms with Gasteiger partial charge in [-0.3, -0.25) is 0 Å². The number of hydrogen-bond acceptors (Lipinski definition) is 2. The first kappa shape index (κ1) is 14.0. The first-order valence-electron chi connectivity index (χ1n) is 6.74. The zero-order valence-electron chi connectivity index (χ0n) is 11.8. The second kappa shape index (κ2) is 6.02. The highest BCUT2D eigenvalue weighted by molar-refractivity contribution is 4.89. The number of methoxy groups -OCH3 is 1. The molecule has 0 bridgehead atoms. The summed E-state index contributed by atoms with van der Waals surface area (Å²) >= 11 is 0. The smallest absolute Gasteiger partial charge is 0.0535 e. The van der Waals surface area contributed by atoms with Crippen molar-refractivity contribution in [2.24, 2.45) is 17.3 Å². The Kier molecular flexibility index (Phi) is 5.26. The van der Waals surface area contributed by atoms with Crippen LogP contribution in [0.5, 0.6) is 0 Å². The van der Waals surface area contributed by atoms with Crippen LogP contribution in [0.15, 0.2) is 0 Å². The normalized spacial score (nSPS) is 18.9. The Hall–Kier alpha value is -0.0800. The maximum atomic E-state index is 5.51. The molecule has 0 spiro atoms. The molecule has 96 valence electrons. The van der Waals surface area contributed by atoms with E-state index in [9.17, 15) is 0 Å². The molecule has 1 saturated heterocycles. The summed E-state index contributed by atoms with van der Waals surface area (Å²) in [5.74, 6) is 1.35. The Bertz CT molecular complexity index is 187. The third-order valence-corrected chi connectivity index (χ3v) is 4.43. The SMILES string of the molecule is COCC(CN1CCCC1)(C(C)C)C(C)C. The van der Waals surface area contributed by atoms with Crippen LogP contribution in [0.4, 0.5) is 0 Å². The van der Waals surface area contributed by atoms with Gasteiger partial charge in [-0.2, -0.15) is 0 Å². The molecular formula is C14H29NO. The molecule has 0 N–H and O–H groups in total. The van der Waals surface area contributed by atoms with Gasteiger partial charge in [-0.05, 0) is 37.8 Å². The van der Waals surface area contributed by atoms with Crippen LogP contribution < -0.4 is 0 Å². The van der Waals surface area contributed by atoms with Crippen molar-refractivity contribution < 1.29 is 4.74 Å². The number of hydrogen-bond donors (Lipinski definition) is 0. The van der Waals surface area contributed by atoms with E-state index in [1.54, 1.807) is 0 Å². The van der Waals surface area contributed by atoms with Gasteiger partial charge in [-0.15, -0.1) is 0 Å². The maximum Gasteiger partial charge on any atom is 0.0535 e. The van der Waals surface area contributed by atoms with Crippen molar-refractivity contribution in [1.29, 1.82) is 0 Å². The van der Waals surface area contributed by atoms with Gasteiger partial charge in [0, 0.05) is 19.1 Å². The van der Waals surface area contributed by atoms with E-state index in [0.29, 0.717) is 17.3 Å². The summed E-state index contributed by atoms with van der Waals surface area (Å²) in [6, 6.07) is 0. The fourth-order valence-corrected chi connectivity index (χ4v) is 3.04. The summed E-state index contributed by atoms with van der Waals surface area (Å²) in [5.41, 5.74) is 0.319. The van der Waals surface area contributed by atoms with Gasteiger partial charge >= 0.3 is 0 Å². The second-order valence-electron chi connectivity index (χ2n) is 5.96. The summed E-state index contributed by atoms with van der Waals surface area (Å²) in [6.45, 7) is 14.0. The number of ether oxygens (including phenoxy) is 1. The van der Waals surface area contributed by atoms with Crippen molar-refractivity contribution in [3.05, 3.63) is 0 Å². The van der Waals surface area contributed by atoms with Gasteiger partial charge in [0.1, 0.15) is 0 Å². The molecule has 1 fully saturated rings. The van der Waals surface area contributed by atoms with Crippen LogP contribution in [0.3, 0.4) is 0 Å². The molecule has 16 heavy (non-hydrogen) atoms. The van der Waals surface area contributed by atoms with Gasteiger partial charge in [0.05, 0.1) is 6.61 Å². The van der Waals surface area contributed by atoms with Crippen molar-refractivity contribution in [3.8, 4) is 0 Å². The molecule has 0 aliphatic carbocycles. The monoisotopic (exact) mass is 227 g/mol. The van der Waals surface area contributed by atoms with Crippen LogP contribution in [0.25, 0.3) is 0 Å². The van der Waals surface area contributed by atoms with E-state index in [1.807, 2.05) is 7.11 Å². The molecule has 0 atom stereocenters. The molecule has 0 saturated carbocycles. The van der Waals surface area contributed by atoms with Gasteiger partial charge in [-0.25, -0.2) is 0 Å². The van der Waals surface area contributed by atoms with E-state index in [-0.39, 0.29) is 0 Å². The van der Waals surface area contributed by atoms with Gasteiger partial charge in [0.25, 0.3) is 0 Å². The molecule has 1 rings (SSSR count). The summed E-state index contributed by atoms with van der Waals surface area (Å²) in [6.07, 6.45) is 2.75. The van der Waals surface area contributed by atoms with E-state index in [0.717, 1.165) is 6.61 Å². The minimum atomic E-state index is 0.319. The molecular weight excluding hydrogens is 198 g/mol. The van der Waals surface area contributed by atoms with E-state index < -0.39 is 0 Å². The third-order valence-electron chi connectivity index (χ3n) is 4.43. The molecule has 1 heterocycles. The molecule has 2 heteroatoms. The highest BCUT2D eigenvalue weighted by Crippen LogP contribution is 2.37. The Morgan fingerprint density at radius 2 is 1.56 bits per heavy atom. The fourth-order valence-electron chi connectivity index (χ4n) is 3.04.